The van der Waals surface area contributed by atoms with Crippen LogP contribution < -0.4 is 4.74 Å². The molecule has 0 heterocycles. The number of ether oxygens (including phenoxy) is 1. The molecule has 0 saturated heterocycles. The highest BCUT2D eigenvalue weighted by molar-refractivity contribution is 6.42. The van der Waals surface area contributed by atoms with Gasteiger partial charge in [-0.05, 0) is 36.8 Å². The zero-order chi connectivity index (χ0) is 18.4. The lowest BCUT2D eigenvalue weighted by Gasteiger charge is -2.21. The van der Waals surface area contributed by atoms with Gasteiger partial charge < -0.3 is 9.64 Å². The largest absolute Gasteiger partial charge is 0.484 e. The molecule has 0 aliphatic heterocycles. The van der Waals surface area contributed by atoms with Gasteiger partial charge in [-0.2, -0.15) is 0 Å². The van der Waals surface area contributed by atoms with Crippen molar-refractivity contribution in [3.05, 3.63) is 68.2 Å². The molecule has 8 heteroatoms. The Hall–Kier alpha value is -2.31. The molecule has 132 valence electrons. The van der Waals surface area contributed by atoms with Gasteiger partial charge >= 0.3 is 0 Å². The van der Waals surface area contributed by atoms with Gasteiger partial charge in [0.25, 0.3) is 11.6 Å². The molecular weight excluding hydrogens is 367 g/mol. The highest BCUT2D eigenvalue weighted by atomic mass is 35.5. The molecule has 0 spiro atoms. The molecule has 0 radical (unpaired) electrons. The van der Waals surface area contributed by atoms with E-state index >= 15 is 0 Å². The number of halogens is 2. The summed E-state index contributed by atoms with van der Waals surface area (Å²) in [6.07, 6.45) is 0. The third-order valence-corrected chi connectivity index (χ3v) is 4.24. The molecule has 25 heavy (non-hydrogen) atoms. The number of nitrogens with zero attached hydrogens (tertiary/aromatic N) is 2. The number of non-ortho nitro benzene ring substituents is 1. The number of likely N-dealkylation sites (N-methyl/N-ethyl adjacent to an activating group) is 1. The maximum atomic E-state index is 12.3. The van der Waals surface area contributed by atoms with E-state index in [-0.39, 0.29) is 18.2 Å². The second-order valence-electron chi connectivity index (χ2n) is 5.20. The quantitative estimate of drug-likeness (QED) is 0.527. The van der Waals surface area contributed by atoms with E-state index in [4.69, 9.17) is 27.9 Å². The smallest absolute Gasteiger partial charge is 0.269 e. The van der Waals surface area contributed by atoms with E-state index in [9.17, 15) is 14.9 Å². The Balaban J connectivity index is 1.95. The first-order chi connectivity index (χ1) is 11.9. The van der Waals surface area contributed by atoms with Gasteiger partial charge in [0.2, 0.25) is 0 Å². The van der Waals surface area contributed by atoms with Crippen molar-refractivity contribution in [1.29, 1.82) is 0 Å². The average Bonchev–Trinajstić information content (AvgIpc) is 2.60. The van der Waals surface area contributed by atoms with E-state index in [2.05, 4.69) is 0 Å². The Morgan fingerprint density at radius 2 is 1.84 bits per heavy atom. The Labute approximate surface area is 155 Å². The van der Waals surface area contributed by atoms with Crippen LogP contribution in [0.2, 0.25) is 10.0 Å². The lowest BCUT2D eigenvalue weighted by Crippen LogP contribution is -2.34. The van der Waals surface area contributed by atoms with Crippen molar-refractivity contribution >= 4 is 34.8 Å². The molecule has 0 N–H and O–H groups in total. The zero-order valence-corrected chi connectivity index (χ0v) is 15.0. The predicted molar refractivity (Wildman–Crippen MR) is 96.1 cm³/mol. The summed E-state index contributed by atoms with van der Waals surface area (Å²) in [6.45, 7) is 2.59. The number of benzene rings is 2. The molecule has 0 aliphatic carbocycles. The van der Waals surface area contributed by atoms with E-state index in [1.807, 2.05) is 6.92 Å². The Kier molecular flexibility index (Phi) is 6.61. The van der Waals surface area contributed by atoms with E-state index in [1.165, 1.54) is 24.3 Å². The standard InChI is InChI=1S/C17H16Cl2N2O4/c1-2-20(10-12-3-8-15(18)16(19)9-12)17(22)11-25-14-6-4-13(5-7-14)21(23)24/h3-9H,2,10-11H2,1H3. The van der Waals surface area contributed by atoms with Crippen molar-refractivity contribution in [2.45, 2.75) is 13.5 Å². The number of hydrogen-bond acceptors (Lipinski definition) is 4. The molecule has 0 saturated carbocycles. The van der Waals surface area contributed by atoms with Crippen LogP contribution in [0.1, 0.15) is 12.5 Å². The predicted octanol–water partition coefficient (Wildman–Crippen LogP) is 4.33. The number of hydrogen-bond donors (Lipinski definition) is 0. The van der Waals surface area contributed by atoms with Crippen molar-refractivity contribution in [2.75, 3.05) is 13.2 Å². The Morgan fingerprint density at radius 1 is 1.16 bits per heavy atom. The fourth-order valence-corrected chi connectivity index (χ4v) is 2.46. The Morgan fingerprint density at radius 3 is 2.40 bits per heavy atom. The highest BCUT2D eigenvalue weighted by Gasteiger charge is 2.14. The SMILES string of the molecule is CCN(Cc1ccc(Cl)c(Cl)c1)C(=O)COc1ccc([N+](=O)[O-])cc1. The van der Waals surface area contributed by atoms with Gasteiger partial charge in [0.15, 0.2) is 6.61 Å². The number of rotatable bonds is 7. The molecule has 0 unspecified atom stereocenters. The highest BCUT2D eigenvalue weighted by Crippen LogP contribution is 2.23. The minimum atomic E-state index is -0.495. The molecule has 1 amide bonds. The van der Waals surface area contributed by atoms with Crippen LogP contribution in [0, 0.1) is 10.1 Å². The van der Waals surface area contributed by atoms with Crippen molar-refractivity contribution in [3.8, 4) is 5.75 Å². The van der Waals surface area contributed by atoms with Crippen molar-refractivity contribution in [3.63, 3.8) is 0 Å². The van der Waals surface area contributed by atoms with Crippen LogP contribution in [-0.4, -0.2) is 28.9 Å². The fraction of sp³-hybridized carbons (Fsp3) is 0.235. The summed E-state index contributed by atoms with van der Waals surface area (Å²) in [5, 5.41) is 11.5. The maximum absolute atomic E-state index is 12.3. The van der Waals surface area contributed by atoms with Crippen LogP contribution in [0.15, 0.2) is 42.5 Å². The van der Waals surface area contributed by atoms with Gasteiger partial charge in [0.05, 0.1) is 15.0 Å². The summed E-state index contributed by atoms with van der Waals surface area (Å²) in [4.78, 5) is 24.0. The maximum Gasteiger partial charge on any atom is 0.269 e. The number of amides is 1. The topological polar surface area (TPSA) is 72.7 Å². The minimum absolute atomic E-state index is 0.0338. The molecule has 0 bridgehead atoms. The molecule has 2 aromatic carbocycles. The summed E-state index contributed by atoms with van der Waals surface area (Å²) in [5.41, 5.74) is 0.827. The summed E-state index contributed by atoms with van der Waals surface area (Å²) >= 11 is 11.9. The molecule has 0 fully saturated rings. The van der Waals surface area contributed by atoms with Gasteiger partial charge in [0, 0.05) is 25.2 Å². The van der Waals surface area contributed by atoms with Gasteiger partial charge in [0.1, 0.15) is 5.75 Å². The fourth-order valence-electron chi connectivity index (χ4n) is 2.14. The third kappa shape index (κ3) is 5.34. The molecule has 6 nitrogen and oxygen atoms in total. The lowest BCUT2D eigenvalue weighted by atomic mass is 10.2. The van der Waals surface area contributed by atoms with Crippen LogP contribution in [0.5, 0.6) is 5.75 Å². The summed E-state index contributed by atoms with van der Waals surface area (Å²) in [5.74, 6) is 0.191. The lowest BCUT2D eigenvalue weighted by molar-refractivity contribution is -0.384. The van der Waals surface area contributed by atoms with Gasteiger partial charge in [-0.25, -0.2) is 0 Å². The van der Waals surface area contributed by atoms with Crippen molar-refractivity contribution in [1.82, 2.24) is 4.90 Å². The first-order valence-electron chi connectivity index (χ1n) is 7.49. The van der Waals surface area contributed by atoms with Crippen molar-refractivity contribution < 1.29 is 14.5 Å². The molecule has 2 rings (SSSR count). The first kappa shape index (κ1) is 19.0. The van der Waals surface area contributed by atoms with E-state index in [0.717, 1.165) is 5.56 Å². The van der Waals surface area contributed by atoms with Gasteiger partial charge in [-0.15, -0.1) is 0 Å². The van der Waals surface area contributed by atoms with Crippen LogP contribution in [0.3, 0.4) is 0 Å². The van der Waals surface area contributed by atoms with E-state index in [0.29, 0.717) is 28.9 Å². The zero-order valence-electron chi connectivity index (χ0n) is 13.4. The minimum Gasteiger partial charge on any atom is -0.484 e. The van der Waals surface area contributed by atoms with Crippen LogP contribution >= 0.6 is 23.2 Å². The molecule has 0 aromatic heterocycles. The number of carbonyl (C=O) groups excluding carboxylic acids is 1. The summed E-state index contributed by atoms with van der Waals surface area (Å²) in [6, 6.07) is 10.8. The Bertz CT molecular complexity index is 766. The molecule has 0 aliphatic rings. The summed E-state index contributed by atoms with van der Waals surface area (Å²) in [7, 11) is 0. The van der Waals surface area contributed by atoms with Crippen LogP contribution in [0.4, 0.5) is 5.69 Å². The first-order valence-corrected chi connectivity index (χ1v) is 8.25. The molecular formula is C17H16Cl2N2O4. The third-order valence-electron chi connectivity index (χ3n) is 3.50. The van der Waals surface area contributed by atoms with E-state index < -0.39 is 4.92 Å². The monoisotopic (exact) mass is 382 g/mol. The second kappa shape index (κ2) is 8.69. The second-order valence-corrected chi connectivity index (χ2v) is 6.01. The van der Waals surface area contributed by atoms with Crippen LogP contribution in [-0.2, 0) is 11.3 Å². The average molecular weight is 383 g/mol. The van der Waals surface area contributed by atoms with Gasteiger partial charge in [-0.1, -0.05) is 29.3 Å². The number of nitro groups is 1. The molecule has 2 aromatic rings. The van der Waals surface area contributed by atoms with Crippen molar-refractivity contribution in [2.24, 2.45) is 0 Å². The molecule has 0 atom stereocenters. The number of carbonyl (C=O) groups is 1. The normalized spacial score (nSPS) is 10.4. The van der Waals surface area contributed by atoms with E-state index in [1.54, 1.807) is 23.1 Å². The number of nitro benzene ring substituents is 1. The van der Waals surface area contributed by atoms with Gasteiger partial charge in [-0.3, -0.25) is 14.9 Å². The summed E-state index contributed by atoms with van der Waals surface area (Å²) < 4.78 is 5.40. The van der Waals surface area contributed by atoms with Crippen LogP contribution in [0.25, 0.3) is 0 Å².